The highest BCUT2D eigenvalue weighted by Gasteiger charge is 2.27. The monoisotopic (exact) mass is 246 g/mol. The van der Waals surface area contributed by atoms with Gasteiger partial charge in [-0.2, -0.15) is 0 Å². The molecule has 1 amide bonds. The van der Waals surface area contributed by atoms with E-state index in [0.29, 0.717) is 31.0 Å². The molecule has 1 unspecified atom stereocenters. The number of hydrogen-bond donors (Lipinski definition) is 2. The molecule has 0 aromatic rings. The average molecular weight is 246 g/mol. The summed E-state index contributed by atoms with van der Waals surface area (Å²) < 4.78 is 5.24. The Kier molecular flexibility index (Phi) is 7.25. The lowest BCUT2D eigenvalue weighted by molar-refractivity contribution is -0.123. The highest BCUT2D eigenvalue weighted by atomic mass is 32.1. The van der Waals surface area contributed by atoms with Crippen LogP contribution in [-0.4, -0.2) is 29.6 Å². The van der Waals surface area contributed by atoms with E-state index in [9.17, 15) is 4.79 Å². The van der Waals surface area contributed by atoms with Gasteiger partial charge in [0.05, 0.1) is 17.1 Å². The Bertz CT molecular complexity index is 246. The molecule has 0 bridgehead atoms. The lowest BCUT2D eigenvalue weighted by Crippen LogP contribution is -2.54. The molecule has 0 aliphatic carbocycles. The van der Waals surface area contributed by atoms with E-state index in [1.54, 1.807) is 0 Å². The molecule has 4 nitrogen and oxygen atoms in total. The van der Waals surface area contributed by atoms with Crippen LogP contribution in [0, 0.1) is 0 Å². The van der Waals surface area contributed by atoms with Crippen molar-refractivity contribution in [3.8, 4) is 0 Å². The second-order valence-electron chi connectivity index (χ2n) is 3.96. The van der Waals surface area contributed by atoms with E-state index in [1.807, 2.05) is 20.8 Å². The van der Waals surface area contributed by atoms with Crippen LogP contribution in [0.5, 0.6) is 0 Å². The summed E-state index contributed by atoms with van der Waals surface area (Å²) >= 11 is 4.93. The third-order valence-corrected chi connectivity index (χ3v) is 2.94. The molecule has 16 heavy (non-hydrogen) atoms. The molecule has 0 spiro atoms. The van der Waals surface area contributed by atoms with Crippen LogP contribution in [0.25, 0.3) is 0 Å². The maximum atomic E-state index is 11.6. The van der Waals surface area contributed by atoms with E-state index in [4.69, 9.17) is 22.7 Å². The zero-order valence-electron chi connectivity index (χ0n) is 10.3. The molecule has 0 saturated heterocycles. The van der Waals surface area contributed by atoms with Gasteiger partial charge in [-0.1, -0.05) is 26.1 Å². The Morgan fingerprint density at radius 2 is 2.06 bits per heavy atom. The zero-order valence-corrected chi connectivity index (χ0v) is 11.2. The topological polar surface area (TPSA) is 64.3 Å². The molecule has 0 fully saturated rings. The van der Waals surface area contributed by atoms with Crippen molar-refractivity contribution >= 4 is 23.1 Å². The standard InChI is InChI=1S/C11H22N2O2S/c1-4-7-15-8-6-9(14)13-11(3,5-2)10(12)16/h4-8H2,1-3H3,(H2,12,16)(H,13,14). The van der Waals surface area contributed by atoms with Gasteiger partial charge in [-0.25, -0.2) is 0 Å². The SMILES string of the molecule is CCCOCCC(=O)NC(C)(CC)C(N)=S. The van der Waals surface area contributed by atoms with Gasteiger partial charge in [0.1, 0.15) is 0 Å². The number of carbonyl (C=O) groups is 1. The summed E-state index contributed by atoms with van der Waals surface area (Å²) in [7, 11) is 0. The third-order valence-electron chi connectivity index (χ3n) is 2.49. The Morgan fingerprint density at radius 3 is 2.50 bits per heavy atom. The zero-order chi connectivity index (χ0) is 12.6. The third kappa shape index (κ3) is 5.42. The summed E-state index contributed by atoms with van der Waals surface area (Å²) in [5, 5.41) is 2.83. The van der Waals surface area contributed by atoms with Gasteiger partial charge in [0.15, 0.2) is 0 Å². The first kappa shape index (κ1) is 15.3. The summed E-state index contributed by atoms with van der Waals surface area (Å²) in [5.74, 6) is -0.0757. The number of thiocarbonyl (C=S) groups is 1. The fourth-order valence-electron chi connectivity index (χ4n) is 1.11. The van der Waals surface area contributed by atoms with E-state index in [2.05, 4.69) is 5.32 Å². The quantitative estimate of drug-likeness (QED) is 0.501. The van der Waals surface area contributed by atoms with Gasteiger partial charge < -0.3 is 15.8 Å². The highest BCUT2D eigenvalue weighted by molar-refractivity contribution is 7.80. The minimum Gasteiger partial charge on any atom is -0.391 e. The van der Waals surface area contributed by atoms with E-state index < -0.39 is 5.54 Å². The van der Waals surface area contributed by atoms with E-state index in [-0.39, 0.29) is 5.91 Å². The summed E-state index contributed by atoms with van der Waals surface area (Å²) in [5.41, 5.74) is 5.01. The number of ether oxygens (including phenoxy) is 1. The molecular weight excluding hydrogens is 224 g/mol. The Morgan fingerprint density at radius 1 is 1.44 bits per heavy atom. The Hall–Kier alpha value is -0.680. The molecule has 0 aromatic heterocycles. The van der Waals surface area contributed by atoms with Gasteiger partial charge in [0.25, 0.3) is 0 Å². The van der Waals surface area contributed by atoms with Gasteiger partial charge in [0, 0.05) is 13.0 Å². The fourth-order valence-corrected chi connectivity index (χ4v) is 1.30. The predicted molar refractivity (Wildman–Crippen MR) is 69.4 cm³/mol. The van der Waals surface area contributed by atoms with Crippen LogP contribution in [0.1, 0.15) is 40.0 Å². The van der Waals surface area contributed by atoms with E-state index in [0.717, 1.165) is 6.42 Å². The summed E-state index contributed by atoms with van der Waals surface area (Å²) in [6, 6.07) is 0. The first-order chi connectivity index (χ1) is 7.46. The second kappa shape index (κ2) is 7.57. The maximum absolute atomic E-state index is 11.6. The van der Waals surface area contributed by atoms with Crippen LogP contribution in [0.4, 0.5) is 0 Å². The van der Waals surface area contributed by atoms with Gasteiger partial charge in [-0.3, -0.25) is 4.79 Å². The lowest BCUT2D eigenvalue weighted by Gasteiger charge is -2.28. The predicted octanol–water partition coefficient (Wildman–Crippen LogP) is 1.37. The van der Waals surface area contributed by atoms with Crippen LogP contribution in [0.15, 0.2) is 0 Å². The molecule has 94 valence electrons. The molecule has 0 aliphatic heterocycles. The largest absolute Gasteiger partial charge is 0.391 e. The number of hydrogen-bond acceptors (Lipinski definition) is 3. The van der Waals surface area contributed by atoms with Gasteiger partial charge >= 0.3 is 0 Å². The van der Waals surface area contributed by atoms with Crippen LogP contribution >= 0.6 is 12.2 Å². The first-order valence-corrected chi connectivity index (χ1v) is 6.05. The Labute approximate surface area is 103 Å². The van der Waals surface area contributed by atoms with E-state index >= 15 is 0 Å². The number of nitrogens with one attached hydrogen (secondary N) is 1. The summed E-state index contributed by atoms with van der Waals surface area (Å²) in [6.45, 7) is 6.93. The number of nitrogens with two attached hydrogens (primary N) is 1. The lowest BCUT2D eigenvalue weighted by atomic mass is 9.99. The maximum Gasteiger partial charge on any atom is 0.223 e. The molecule has 1 atom stereocenters. The molecule has 0 radical (unpaired) electrons. The van der Waals surface area contributed by atoms with Crippen molar-refractivity contribution in [2.45, 2.75) is 45.6 Å². The van der Waals surface area contributed by atoms with E-state index in [1.165, 1.54) is 0 Å². The number of rotatable bonds is 8. The minimum absolute atomic E-state index is 0.0757. The van der Waals surface area contributed by atoms with Crippen molar-refractivity contribution in [2.24, 2.45) is 5.73 Å². The fraction of sp³-hybridized carbons (Fsp3) is 0.818. The normalized spacial score (nSPS) is 14.2. The first-order valence-electron chi connectivity index (χ1n) is 5.65. The molecule has 0 aromatic carbocycles. The Balaban J connectivity index is 3.98. The second-order valence-corrected chi connectivity index (χ2v) is 4.40. The smallest absolute Gasteiger partial charge is 0.223 e. The van der Waals surface area contributed by atoms with Gasteiger partial charge in [0.2, 0.25) is 5.91 Å². The molecular formula is C11H22N2O2S. The van der Waals surface area contributed by atoms with Crippen LogP contribution < -0.4 is 11.1 Å². The molecule has 5 heteroatoms. The van der Waals surface area contributed by atoms with Gasteiger partial charge in [-0.15, -0.1) is 0 Å². The highest BCUT2D eigenvalue weighted by Crippen LogP contribution is 2.09. The van der Waals surface area contributed by atoms with Crippen molar-refractivity contribution in [2.75, 3.05) is 13.2 Å². The summed E-state index contributed by atoms with van der Waals surface area (Å²) in [6.07, 6.45) is 1.99. The van der Waals surface area contributed by atoms with Gasteiger partial charge in [-0.05, 0) is 19.8 Å². The van der Waals surface area contributed by atoms with Crippen molar-refractivity contribution in [1.29, 1.82) is 0 Å². The van der Waals surface area contributed by atoms with Crippen molar-refractivity contribution in [3.63, 3.8) is 0 Å². The number of amides is 1. The van der Waals surface area contributed by atoms with Crippen molar-refractivity contribution in [1.82, 2.24) is 5.32 Å². The van der Waals surface area contributed by atoms with Crippen LogP contribution in [-0.2, 0) is 9.53 Å². The van der Waals surface area contributed by atoms with Crippen molar-refractivity contribution in [3.05, 3.63) is 0 Å². The van der Waals surface area contributed by atoms with Crippen LogP contribution in [0.3, 0.4) is 0 Å². The summed E-state index contributed by atoms with van der Waals surface area (Å²) in [4.78, 5) is 11.9. The molecule has 3 N–H and O–H groups in total. The average Bonchev–Trinajstić information content (AvgIpc) is 2.24. The number of carbonyl (C=O) groups excluding carboxylic acids is 1. The molecule has 0 heterocycles. The molecule has 0 saturated carbocycles. The van der Waals surface area contributed by atoms with Crippen molar-refractivity contribution < 1.29 is 9.53 Å². The molecule has 0 rings (SSSR count). The minimum atomic E-state index is -0.586. The van der Waals surface area contributed by atoms with Crippen LogP contribution in [0.2, 0.25) is 0 Å². The molecule has 0 aliphatic rings.